The van der Waals surface area contributed by atoms with Gasteiger partial charge in [-0.15, -0.1) is 11.3 Å². The van der Waals surface area contributed by atoms with Gasteiger partial charge in [-0.05, 0) is 24.4 Å². The number of hydrogen-bond donors (Lipinski definition) is 1. The van der Waals surface area contributed by atoms with E-state index in [0.717, 1.165) is 44.5 Å². The lowest BCUT2D eigenvalue weighted by molar-refractivity contribution is 0.373. The molecular formula is C15H23N7S. The summed E-state index contributed by atoms with van der Waals surface area (Å²) in [5.74, 6) is 1.83. The molecule has 0 aromatic carbocycles. The summed E-state index contributed by atoms with van der Waals surface area (Å²) in [6.07, 6.45) is 1.57. The van der Waals surface area contributed by atoms with Gasteiger partial charge in [-0.1, -0.05) is 0 Å². The molecule has 1 saturated heterocycles. The Labute approximate surface area is 140 Å². The van der Waals surface area contributed by atoms with Gasteiger partial charge in [0, 0.05) is 39.8 Å². The fourth-order valence-corrected chi connectivity index (χ4v) is 3.41. The van der Waals surface area contributed by atoms with Crippen molar-refractivity contribution >= 4 is 22.3 Å². The topological polar surface area (TPSA) is 61.6 Å². The number of nitrogens with zero attached hydrogens (tertiary/aromatic N) is 6. The summed E-state index contributed by atoms with van der Waals surface area (Å²) < 4.78 is 1.77. The van der Waals surface area contributed by atoms with E-state index in [2.05, 4.69) is 49.6 Å². The standard InChI is InChI=1S/C15H23N7S/c1-3-16-15(17-11-13-18-12-19-20(13)2)22-8-6-21(7-9-22)14-5-4-10-23-14/h4-5,10,12H,3,6-9,11H2,1-2H3,(H,16,17). The van der Waals surface area contributed by atoms with Crippen molar-refractivity contribution in [2.75, 3.05) is 37.6 Å². The molecule has 7 nitrogen and oxygen atoms in total. The maximum atomic E-state index is 4.72. The highest BCUT2D eigenvalue weighted by atomic mass is 32.1. The number of aryl methyl sites for hydroxylation is 1. The third-order valence-electron chi connectivity index (χ3n) is 3.91. The number of aliphatic imine (C=N–C) groups is 1. The monoisotopic (exact) mass is 333 g/mol. The molecule has 0 amide bonds. The third-order valence-corrected chi connectivity index (χ3v) is 4.84. The molecule has 0 atom stereocenters. The Hall–Kier alpha value is -2.09. The van der Waals surface area contributed by atoms with Gasteiger partial charge in [-0.25, -0.2) is 9.98 Å². The van der Waals surface area contributed by atoms with Crippen LogP contribution in [-0.4, -0.2) is 58.3 Å². The molecule has 0 spiro atoms. The molecule has 23 heavy (non-hydrogen) atoms. The molecule has 0 radical (unpaired) electrons. The molecule has 0 unspecified atom stereocenters. The Kier molecular flexibility index (Phi) is 5.12. The Morgan fingerprint density at radius 2 is 2.17 bits per heavy atom. The highest BCUT2D eigenvalue weighted by Gasteiger charge is 2.20. The summed E-state index contributed by atoms with van der Waals surface area (Å²) in [5.41, 5.74) is 0. The van der Waals surface area contributed by atoms with Crippen LogP contribution in [0.1, 0.15) is 12.7 Å². The van der Waals surface area contributed by atoms with E-state index in [1.165, 1.54) is 5.00 Å². The van der Waals surface area contributed by atoms with Crippen LogP contribution in [-0.2, 0) is 13.6 Å². The summed E-state index contributed by atoms with van der Waals surface area (Å²) in [5, 5.41) is 11.0. The van der Waals surface area contributed by atoms with Crippen molar-refractivity contribution in [1.82, 2.24) is 25.0 Å². The second kappa shape index (κ2) is 7.45. The predicted octanol–water partition coefficient (Wildman–Crippen LogP) is 1.16. The van der Waals surface area contributed by atoms with Gasteiger partial charge in [0.05, 0.1) is 5.00 Å². The predicted molar refractivity (Wildman–Crippen MR) is 93.9 cm³/mol. The van der Waals surface area contributed by atoms with Crippen molar-refractivity contribution in [2.45, 2.75) is 13.5 Å². The molecule has 1 N–H and O–H groups in total. The van der Waals surface area contributed by atoms with Gasteiger partial charge in [-0.2, -0.15) is 5.10 Å². The Morgan fingerprint density at radius 1 is 1.35 bits per heavy atom. The highest BCUT2D eigenvalue weighted by molar-refractivity contribution is 7.14. The molecule has 0 bridgehead atoms. The van der Waals surface area contributed by atoms with Crippen LogP contribution in [0.3, 0.4) is 0 Å². The minimum absolute atomic E-state index is 0.546. The third kappa shape index (κ3) is 3.82. The molecule has 0 saturated carbocycles. The van der Waals surface area contributed by atoms with E-state index in [1.807, 2.05) is 7.05 Å². The van der Waals surface area contributed by atoms with Gasteiger partial charge >= 0.3 is 0 Å². The van der Waals surface area contributed by atoms with Gasteiger partial charge in [-0.3, -0.25) is 4.68 Å². The lowest BCUT2D eigenvalue weighted by atomic mass is 10.3. The molecule has 1 aliphatic heterocycles. The number of hydrogen-bond acceptors (Lipinski definition) is 5. The second-order valence-electron chi connectivity index (χ2n) is 5.40. The van der Waals surface area contributed by atoms with Crippen molar-refractivity contribution in [1.29, 1.82) is 0 Å². The minimum atomic E-state index is 0.546. The molecule has 124 valence electrons. The molecule has 3 rings (SSSR count). The van der Waals surface area contributed by atoms with Crippen molar-refractivity contribution in [3.8, 4) is 0 Å². The average Bonchev–Trinajstić information content (AvgIpc) is 3.24. The van der Waals surface area contributed by atoms with Crippen LogP contribution < -0.4 is 10.2 Å². The summed E-state index contributed by atoms with van der Waals surface area (Å²) in [4.78, 5) is 13.7. The zero-order valence-electron chi connectivity index (χ0n) is 13.6. The molecule has 3 heterocycles. The van der Waals surface area contributed by atoms with Gasteiger partial charge in [0.25, 0.3) is 0 Å². The highest BCUT2D eigenvalue weighted by Crippen LogP contribution is 2.22. The summed E-state index contributed by atoms with van der Waals surface area (Å²) >= 11 is 1.80. The zero-order valence-corrected chi connectivity index (χ0v) is 14.5. The molecule has 1 fully saturated rings. The first-order valence-corrected chi connectivity index (χ1v) is 8.80. The number of piperazine rings is 1. The number of thiophene rings is 1. The van der Waals surface area contributed by atoms with E-state index in [9.17, 15) is 0 Å². The summed E-state index contributed by atoms with van der Waals surface area (Å²) in [6.45, 7) is 7.50. The van der Waals surface area contributed by atoms with E-state index in [4.69, 9.17) is 4.99 Å². The SMILES string of the molecule is CCNC(=NCc1ncnn1C)N1CCN(c2cccs2)CC1. The zero-order chi connectivity index (χ0) is 16.1. The summed E-state index contributed by atoms with van der Waals surface area (Å²) in [6, 6.07) is 4.30. The lowest BCUT2D eigenvalue weighted by Gasteiger charge is -2.37. The van der Waals surface area contributed by atoms with Crippen LogP contribution in [0.4, 0.5) is 5.00 Å². The molecule has 2 aromatic heterocycles. The maximum absolute atomic E-state index is 4.72. The lowest BCUT2D eigenvalue weighted by Crippen LogP contribution is -2.52. The summed E-state index contributed by atoms with van der Waals surface area (Å²) in [7, 11) is 1.89. The number of nitrogens with one attached hydrogen (secondary N) is 1. The second-order valence-corrected chi connectivity index (χ2v) is 6.32. The van der Waals surface area contributed by atoms with E-state index in [1.54, 1.807) is 22.3 Å². The van der Waals surface area contributed by atoms with Crippen LogP contribution in [0.15, 0.2) is 28.8 Å². The fourth-order valence-electron chi connectivity index (χ4n) is 2.62. The molecule has 1 aliphatic rings. The quantitative estimate of drug-likeness (QED) is 0.672. The van der Waals surface area contributed by atoms with Gasteiger partial charge in [0.2, 0.25) is 0 Å². The Morgan fingerprint density at radius 3 is 2.78 bits per heavy atom. The number of aromatic nitrogens is 3. The minimum Gasteiger partial charge on any atom is -0.360 e. The van der Waals surface area contributed by atoms with Crippen LogP contribution >= 0.6 is 11.3 Å². The maximum Gasteiger partial charge on any atom is 0.194 e. The van der Waals surface area contributed by atoms with Gasteiger partial charge in [0.1, 0.15) is 18.7 Å². The number of anilines is 1. The van der Waals surface area contributed by atoms with E-state index < -0.39 is 0 Å². The van der Waals surface area contributed by atoms with Crippen molar-refractivity contribution in [3.05, 3.63) is 29.7 Å². The van der Waals surface area contributed by atoms with Gasteiger partial charge in [0.15, 0.2) is 5.96 Å². The number of guanidine groups is 1. The van der Waals surface area contributed by atoms with Crippen LogP contribution in [0.5, 0.6) is 0 Å². The largest absolute Gasteiger partial charge is 0.360 e. The van der Waals surface area contributed by atoms with Crippen molar-refractivity contribution in [2.24, 2.45) is 12.0 Å². The fraction of sp³-hybridized carbons (Fsp3) is 0.533. The number of rotatable bonds is 4. The van der Waals surface area contributed by atoms with Crippen LogP contribution in [0.25, 0.3) is 0 Å². The van der Waals surface area contributed by atoms with Gasteiger partial charge < -0.3 is 15.1 Å². The molecule has 0 aliphatic carbocycles. The molecule has 8 heteroatoms. The van der Waals surface area contributed by atoms with Crippen molar-refractivity contribution < 1.29 is 0 Å². The molecule has 2 aromatic rings. The first kappa shape index (κ1) is 15.8. The van der Waals surface area contributed by atoms with E-state index >= 15 is 0 Å². The first-order valence-electron chi connectivity index (χ1n) is 7.92. The molecular weight excluding hydrogens is 310 g/mol. The Bertz CT molecular complexity index is 626. The smallest absolute Gasteiger partial charge is 0.194 e. The Balaban J connectivity index is 1.62. The van der Waals surface area contributed by atoms with Crippen LogP contribution in [0.2, 0.25) is 0 Å². The van der Waals surface area contributed by atoms with E-state index in [-0.39, 0.29) is 0 Å². The normalized spacial score (nSPS) is 16.0. The van der Waals surface area contributed by atoms with Crippen molar-refractivity contribution in [3.63, 3.8) is 0 Å². The average molecular weight is 333 g/mol. The van der Waals surface area contributed by atoms with E-state index in [0.29, 0.717) is 6.54 Å². The van der Waals surface area contributed by atoms with Crippen LogP contribution in [0, 0.1) is 0 Å². The first-order chi connectivity index (χ1) is 11.3.